The summed E-state index contributed by atoms with van der Waals surface area (Å²) < 4.78 is 0. The summed E-state index contributed by atoms with van der Waals surface area (Å²) >= 11 is 0. The number of anilines is 1. The highest BCUT2D eigenvalue weighted by molar-refractivity contribution is 5.88. The molecule has 1 aromatic heterocycles. The van der Waals surface area contributed by atoms with Crippen LogP contribution in [0.2, 0.25) is 0 Å². The zero-order valence-electron chi connectivity index (χ0n) is 7.18. The van der Waals surface area contributed by atoms with Crippen LogP contribution in [-0.2, 0) is 0 Å². The summed E-state index contributed by atoms with van der Waals surface area (Å²) in [6.07, 6.45) is 1.71. The summed E-state index contributed by atoms with van der Waals surface area (Å²) in [5, 5.41) is 3.11. The van der Waals surface area contributed by atoms with E-state index in [9.17, 15) is 0 Å². The van der Waals surface area contributed by atoms with Gasteiger partial charge in [0.25, 0.3) is 0 Å². The Balaban J connectivity index is 2.80. The van der Waals surface area contributed by atoms with E-state index >= 15 is 0 Å². The lowest BCUT2D eigenvalue weighted by atomic mass is 10.2. The highest BCUT2D eigenvalue weighted by atomic mass is 14.9. The smallest absolute Gasteiger partial charge is 0.111 e. The average Bonchev–Trinajstić information content (AvgIpc) is 2.50. The summed E-state index contributed by atoms with van der Waals surface area (Å²) in [5.74, 6) is 0. The zero-order valence-corrected chi connectivity index (χ0v) is 7.18. The van der Waals surface area contributed by atoms with Gasteiger partial charge in [0.2, 0.25) is 0 Å². The first kappa shape index (κ1) is 7.16. The van der Waals surface area contributed by atoms with Gasteiger partial charge in [0.05, 0.1) is 17.5 Å². The fraction of sp³-hybridized carbons (Fsp3) is 0.222. The number of hydrogen-bond donors (Lipinski definition) is 2. The molecule has 2 rings (SSSR count). The first-order valence-electron chi connectivity index (χ1n) is 3.93. The van der Waals surface area contributed by atoms with E-state index in [2.05, 4.69) is 34.3 Å². The van der Waals surface area contributed by atoms with Crippen LogP contribution in [0, 0.1) is 6.92 Å². The van der Waals surface area contributed by atoms with Crippen LogP contribution in [0.3, 0.4) is 0 Å². The number of aryl methyl sites for hydroxylation is 1. The van der Waals surface area contributed by atoms with E-state index in [1.165, 1.54) is 5.56 Å². The van der Waals surface area contributed by atoms with E-state index in [0.717, 1.165) is 16.7 Å². The number of nitrogens with zero attached hydrogens (tertiary/aromatic N) is 1. The van der Waals surface area contributed by atoms with Gasteiger partial charge in [-0.25, -0.2) is 4.98 Å². The van der Waals surface area contributed by atoms with E-state index < -0.39 is 0 Å². The van der Waals surface area contributed by atoms with E-state index in [4.69, 9.17) is 0 Å². The number of benzene rings is 1. The Morgan fingerprint density at radius 1 is 1.42 bits per heavy atom. The molecule has 0 bridgehead atoms. The van der Waals surface area contributed by atoms with Crippen LogP contribution in [0.25, 0.3) is 11.0 Å². The summed E-state index contributed by atoms with van der Waals surface area (Å²) in [7, 11) is 1.91. The fourth-order valence-corrected chi connectivity index (χ4v) is 1.38. The maximum absolute atomic E-state index is 4.21. The molecule has 0 spiro atoms. The molecule has 0 atom stereocenters. The first-order valence-corrected chi connectivity index (χ1v) is 3.93. The Labute approximate surface area is 70.8 Å². The molecule has 0 saturated heterocycles. The minimum absolute atomic E-state index is 1.00. The molecular formula is C9H11N3. The molecule has 62 valence electrons. The van der Waals surface area contributed by atoms with E-state index in [0.29, 0.717) is 0 Å². The summed E-state index contributed by atoms with van der Waals surface area (Å²) in [5.41, 5.74) is 4.39. The quantitative estimate of drug-likeness (QED) is 0.670. The minimum Gasteiger partial charge on any atom is -0.386 e. The zero-order chi connectivity index (χ0) is 8.55. The van der Waals surface area contributed by atoms with Crippen molar-refractivity contribution in [3.8, 4) is 0 Å². The number of hydrogen-bond acceptors (Lipinski definition) is 2. The lowest BCUT2D eigenvalue weighted by Crippen LogP contribution is -1.90. The van der Waals surface area contributed by atoms with Gasteiger partial charge in [-0.2, -0.15) is 0 Å². The molecule has 0 saturated carbocycles. The fourth-order valence-electron chi connectivity index (χ4n) is 1.38. The van der Waals surface area contributed by atoms with Crippen molar-refractivity contribution in [1.82, 2.24) is 9.97 Å². The molecule has 3 nitrogen and oxygen atoms in total. The van der Waals surface area contributed by atoms with Gasteiger partial charge in [-0.1, -0.05) is 0 Å². The highest BCUT2D eigenvalue weighted by Gasteiger charge is 2.01. The molecule has 0 aliphatic rings. The third kappa shape index (κ3) is 0.942. The van der Waals surface area contributed by atoms with Crippen molar-refractivity contribution in [2.24, 2.45) is 0 Å². The van der Waals surface area contributed by atoms with E-state index in [1.54, 1.807) is 6.33 Å². The highest BCUT2D eigenvalue weighted by Crippen LogP contribution is 2.21. The van der Waals surface area contributed by atoms with Gasteiger partial charge in [0.1, 0.15) is 5.52 Å². The van der Waals surface area contributed by atoms with Crippen molar-refractivity contribution in [1.29, 1.82) is 0 Å². The van der Waals surface area contributed by atoms with Crippen molar-refractivity contribution < 1.29 is 0 Å². The molecule has 2 aromatic rings. The monoisotopic (exact) mass is 161 g/mol. The molecule has 12 heavy (non-hydrogen) atoms. The molecule has 0 amide bonds. The van der Waals surface area contributed by atoms with Gasteiger partial charge in [-0.3, -0.25) is 0 Å². The van der Waals surface area contributed by atoms with Crippen molar-refractivity contribution in [3.63, 3.8) is 0 Å². The lowest BCUT2D eigenvalue weighted by Gasteiger charge is -2.01. The summed E-state index contributed by atoms with van der Waals surface area (Å²) in [6.45, 7) is 2.07. The Hall–Kier alpha value is -1.51. The number of fused-ring (bicyclic) bond motifs is 1. The Morgan fingerprint density at radius 3 is 3.00 bits per heavy atom. The van der Waals surface area contributed by atoms with Crippen molar-refractivity contribution >= 4 is 16.7 Å². The maximum atomic E-state index is 4.21. The molecule has 0 unspecified atom stereocenters. The number of aromatic amines is 1. The molecule has 0 aliphatic carbocycles. The molecule has 2 N–H and O–H groups in total. The Bertz CT molecular complexity index is 403. The van der Waals surface area contributed by atoms with Crippen molar-refractivity contribution in [2.75, 3.05) is 12.4 Å². The third-order valence-corrected chi connectivity index (χ3v) is 1.94. The molecule has 0 radical (unpaired) electrons. The standard InChI is InChI=1S/C9H11N3/c1-6-3-7(10-2)9-8(4-6)11-5-12-9/h3-5,10H,1-2H3,(H,11,12). The van der Waals surface area contributed by atoms with Crippen LogP contribution in [-0.4, -0.2) is 17.0 Å². The molecular weight excluding hydrogens is 150 g/mol. The van der Waals surface area contributed by atoms with Crippen LogP contribution in [0.5, 0.6) is 0 Å². The normalized spacial score (nSPS) is 10.5. The molecule has 1 aromatic carbocycles. The van der Waals surface area contributed by atoms with E-state index in [1.807, 2.05) is 7.05 Å². The number of imidazole rings is 1. The summed E-state index contributed by atoms with van der Waals surface area (Å²) in [4.78, 5) is 7.30. The maximum Gasteiger partial charge on any atom is 0.111 e. The topological polar surface area (TPSA) is 40.7 Å². The van der Waals surface area contributed by atoms with Gasteiger partial charge in [0.15, 0.2) is 0 Å². The second-order valence-electron chi connectivity index (χ2n) is 2.86. The number of rotatable bonds is 1. The van der Waals surface area contributed by atoms with Crippen LogP contribution < -0.4 is 5.32 Å². The first-order chi connectivity index (χ1) is 5.81. The molecule has 0 fully saturated rings. The number of aromatic nitrogens is 2. The third-order valence-electron chi connectivity index (χ3n) is 1.94. The van der Waals surface area contributed by atoms with Crippen molar-refractivity contribution in [2.45, 2.75) is 6.92 Å². The second kappa shape index (κ2) is 2.52. The SMILES string of the molecule is CNc1cc(C)cc2[nH]cnc12. The van der Waals surface area contributed by atoms with Crippen LogP contribution >= 0.6 is 0 Å². The Morgan fingerprint density at radius 2 is 2.25 bits per heavy atom. The summed E-state index contributed by atoms with van der Waals surface area (Å²) in [6, 6.07) is 4.17. The second-order valence-corrected chi connectivity index (χ2v) is 2.86. The van der Waals surface area contributed by atoms with Gasteiger partial charge < -0.3 is 10.3 Å². The molecule has 1 heterocycles. The predicted octanol–water partition coefficient (Wildman–Crippen LogP) is 1.91. The van der Waals surface area contributed by atoms with Crippen molar-refractivity contribution in [3.05, 3.63) is 24.0 Å². The van der Waals surface area contributed by atoms with E-state index in [-0.39, 0.29) is 0 Å². The van der Waals surface area contributed by atoms with Crippen LogP contribution in [0.1, 0.15) is 5.56 Å². The average molecular weight is 161 g/mol. The van der Waals surface area contributed by atoms with Gasteiger partial charge in [-0.05, 0) is 24.6 Å². The molecule has 3 heteroatoms. The van der Waals surface area contributed by atoms with Gasteiger partial charge in [-0.15, -0.1) is 0 Å². The lowest BCUT2D eigenvalue weighted by molar-refractivity contribution is 1.34. The minimum atomic E-state index is 1.00. The van der Waals surface area contributed by atoms with Crippen LogP contribution in [0.15, 0.2) is 18.5 Å². The Kier molecular flexibility index (Phi) is 1.50. The predicted molar refractivity (Wildman–Crippen MR) is 50.4 cm³/mol. The van der Waals surface area contributed by atoms with Crippen LogP contribution in [0.4, 0.5) is 5.69 Å². The molecule has 0 aliphatic heterocycles. The van der Waals surface area contributed by atoms with Gasteiger partial charge >= 0.3 is 0 Å². The largest absolute Gasteiger partial charge is 0.386 e. The number of H-pyrrole nitrogens is 1. The number of nitrogens with one attached hydrogen (secondary N) is 2. The van der Waals surface area contributed by atoms with Gasteiger partial charge in [0, 0.05) is 7.05 Å².